The first kappa shape index (κ1) is 25.2. The van der Waals surface area contributed by atoms with E-state index in [1.807, 2.05) is 0 Å². The van der Waals surface area contributed by atoms with Crippen LogP contribution in [0.2, 0.25) is 0 Å². The molecule has 10 nitrogen and oxygen atoms in total. The molecule has 0 amide bonds. The van der Waals surface area contributed by atoms with Gasteiger partial charge in [-0.15, -0.1) is 10.1 Å². The molecule has 176 valence electrons. The highest BCUT2D eigenvalue weighted by Gasteiger charge is 2.49. The molecule has 2 unspecified atom stereocenters. The summed E-state index contributed by atoms with van der Waals surface area (Å²) in [5.74, 6) is -1.43. The van der Waals surface area contributed by atoms with Crippen LogP contribution in [0.3, 0.4) is 0 Å². The van der Waals surface area contributed by atoms with Crippen molar-refractivity contribution in [2.75, 3.05) is 13.4 Å². The first-order valence-corrected chi connectivity index (χ1v) is 9.70. The number of rotatable bonds is 8. The molecule has 0 radical (unpaired) electrons. The molecule has 1 aromatic carbocycles. The molecule has 32 heavy (non-hydrogen) atoms. The van der Waals surface area contributed by atoms with Gasteiger partial charge in [-0.1, -0.05) is 15.9 Å². The molecular formula is C18H17BrF3NO9. The molecule has 14 heteroatoms. The number of hydrogen-bond acceptors (Lipinski definition) is 9. The van der Waals surface area contributed by atoms with Crippen LogP contribution in [0.1, 0.15) is 24.5 Å². The maximum absolute atomic E-state index is 13.5. The minimum atomic E-state index is -4.91. The Bertz CT molecular complexity index is 920. The molecule has 0 saturated carbocycles. The minimum Gasteiger partial charge on any atom is -0.475 e. The van der Waals surface area contributed by atoms with Gasteiger partial charge in [0.25, 0.3) is 5.09 Å². The summed E-state index contributed by atoms with van der Waals surface area (Å²) in [4.78, 5) is 37.9. The van der Waals surface area contributed by atoms with E-state index in [2.05, 4.69) is 30.2 Å². The van der Waals surface area contributed by atoms with E-state index in [9.17, 15) is 32.9 Å². The summed E-state index contributed by atoms with van der Waals surface area (Å²) in [6, 6.07) is 3.04. The first-order valence-electron chi connectivity index (χ1n) is 8.91. The Morgan fingerprint density at radius 2 is 2.00 bits per heavy atom. The number of carbonyl (C=O) groups excluding carboxylic acids is 2. The lowest BCUT2D eigenvalue weighted by Gasteiger charge is -2.28. The summed E-state index contributed by atoms with van der Waals surface area (Å²) in [6.07, 6.45) is -8.65. The summed E-state index contributed by atoms with van der Waals surface area (Å²) in [7, 11) is 0. The molecule has 0 saturated heterocycles. The third kappa shape index (κ3) is 7.00. The summed E-state index contributed by atoms with van der Waals surface area (Å²) >= 11 is 3.22. The number of esters is 1. The van der Waals surface area contributed by atoms with Crippen LogP contribution in [-0.2, 0) is 23.8 Å². The van der Waals surface area contributed by atoms with Crippen LogP contribution in [0, 0.1) is 17.0 Å². The molecule has 1 aliphatic rings. The second-order valence-corrected chi connectivity index (χ2v) is 7.41. The molecule has 2 atom stereocenters. The van der Waals surface area contributed by atoms with Crippen LogP contribution in [0.25, 0.3) is 6.08 Å². The van der Waals surface area contributed by atoms with Crippen LogP contribution in [0.4, 0.5) is 18.0 Å². The Hall–Kier alpha value is -3.03. The highest BCUT2D eigenvalue weighted by atomic mass is 79.9. The number of nitrogens with zero attached hydrogens (tertiary/aromatic N) is 1. The Kier molecular flexibility index (Phi) is 8.30. The molecule has 2 rings (SSSR count). The fourth-order valence-corrected chi connectivity index (χ4v) is 3.21. The normalized spacial score (nSPS) is 16.1. The SMILES string of the molecule is Cc1cc(Br)cc2c1OC(C(F)(F)F)C(C(=O)OCOC(=O)OC(C)CCO[N+](=O)[O-])=C2. The van der Waals surface area contributed by atoms with Gasteiger partial charge in [-0.3, -0.25) is 0 Å². The smallest absolute Gasteiger partial charge is 0.475 e. The monoisotopic (exact) mass is 527 g/mol. The molecule has 0 N–H and O–H groups in total. The Labute approximate surface area is 187 Å². The molecule has 0 bridgehead atoms. The fourth-order valence-electron chi connectivity index (χ4n) is 2.62. The second kappa shape index (κ2) is 10.5. The van der Waals surface area contributed by atoms with E-state index in [0.29, 0.717) is 10.0 Å². The Balaban J connectivity index is 1.99. The molecule has 0 aliphatic carbocycles. The van der Waals surface area contributed by atoms with E-state index >= 15 is 0 Å². The van der Waals surface area contributed by atoms with Gasteiger partial charge >= 0.3 is 18.3 Å². The highest BCUT2D eigenvalue weighted by molar-refractivity contribution is 9.10. The van der Waals surface area contributed by atoms with Gasteiger partial charge in [-0.2, -0.15) is 13.2 Å². The molecule has 0 aromatic heterocycles. The standard InChI is InChI=1S/C18H17BrF3NO9/c1-9-5-12(19)6-11-7-13(15(18(20,21)22)32-14(9)11)16(24)28-8-29-17(25)31-10(2)3-4-30-23(26)27/h5-7,10,15H,3-4,8H2,1-2H3. The van der Waals surface area contributed by atoms with Crippen molar-refractivity contribution in [3.05, 3.63) is 43.4 Å². The lowest BCUT2D eigenvalue weighted by Crippen LogP contribution is -2.41. The highest BCUT2D eigenvalue weighted by Crippen LogP contribution is 2.40. The predicted octanol–water partition coefficient (Wildman–Crippen LogP) is 4.11. The van der Waals surface area contributed by atoms with Gasteiger partial charge in [-0.25, -0.2) is 9.59 Å². The Morgan fingerprint density at radius 3 is 2.62 bits per heavy atom. The minimum absolute atomic E-state index is 0.0260. The zero-order chi connectivity index (χ0) is 24.1. The van der Waals surface area contributed by atoms with Gasteiger partial charge in [0.2, 0.25) is 12.9 Å². The largest absolute Gasteiger partial charge is 0.511 e. The lowest BCUT2D eigenvalue weighted by atomic mass is 9.99. The number of halogens is 4. The van der Waals surface area contributed by atoms with Crippen molar-refractivity contribution >= 4 is 34.1 Å². The molecule has 1 aliphatic heterocycles. The summed E-state index contributed by atoms with van der Waals surface area (Å²) in [5.41, 5.74) is -0.170. The van der Waals surface area contributed by atoms with Crippen molar-refractivity contribution in [3.63, 3.8) is 0 Å². The molecule has 0 fully saturated rings. The zero-order valence-corrected chi connectivity index (χ0v) is 18.2. The average molecular weight is 528 g/mol. The van der Waals surface area contributed by atoms with Crippen molar-refractivity contribution in [1.29, 1.82) is 0 Å². The lowest BCUT2D eigenvalue weighted by molar-refractivity contribution is -0.758. The van der Waals surface area contributed by atoms with Crippen LogP contribution >= 0.6 is 15.9 Å². The number of carbonyl (C=O) groups is 2. The molecular weight excluding hydrogens is 511 g/mol. The number of benzene rings is 1. The van der Waals surface area contributed by atoms with Gasteiger partial charge in [0.05, 0.1) is 12.2 Å². The van der Waals surface area contributed by atoms with Crippen molar-refractivity contribution < 1.29 is 51.6 Å². The van der Waals surface area contributed by atoms with E-state index in [1.165, 1.54) is 13.0 Å². The number of hydrogen-bond donors (Lipinski definition) is 0. The third-order valence-electron chi connectivity index (χ3n) is 4.02. The van der Waals surface area contributed by atoms with Gasteiger partial charge in [0, 0.05) is 16.5 Å². The number of fused-ring (bicyclic) bond motifs is 1. The van der Waals surface area contributed by atoms with Crippen LogP contribution < -0.4 is 4.74 Å². The zero-order valence-electron chi connectivity index (χ0n) is 16.6. The summed E-state index contributed by atoms with van der Waals surface area (Å²) in [6.45, 7) is 1.59. The van der Waals surface area contributed by atoms with E-state index in [4.69, 9.17) is 9.47 Å². The molecule has 1 aromatic rings. The van der Waals surface area contributed by atoms with E-state index < -0.39 is 48.0 Å². The number of aryl methyl sites for hydroxylation is 1. The molecule has 1 heterocycles. The van der Waals surface area contributed by atoms with Gasteiger partial charge in [0.15, 0.2) is 0 Å². The van der Waals surface area contributed by atoms with Gasteiger partial charge < -0.3 is 23.8 Å². The Morgan fingerprint density at radius 1 is 1.31 bits per heavy atom. The van der Waals surface area contributed by atoms with Crippen molar-refractivity contribution in [2.24, 2.45) is 0 Å². The second-order valence-electron chi connectivity index (χ2n) is 6.50. The van der Waals surface area contributed by atoms with Crippen LogP contribution in [-0.4, -0.2) is 49.0 Å². The number of alkyl halides is 3. The third-order valence-corrected chi connectivity index (χ3v) is 4.47. The molecule has 0 spiro atoms. The van der Waals surface area contributed by atoms with E-state index in [-0.39, 0.29) is 24.3 Å². The fraction of sp³-hybridized carbons (Fsp3) is 0.444. The number of ether oxygens (including phenoxy) is 4. The quantitative estimate of drug-likeness (QED) is 0.212. The van der Waals surface area contributed by atoms with E-state index in [0.717, 1.165) is 6.08 Å². The van der Waals surface area contributed by atoms with Crippen molar-refractivity contribution in [1.82, 2.24) is 0 Å². The average Bonchev–Trinajstić information content (AvgIpc) is 2.65. The van der Waals surface area contributed by atoms with E-state index in [1.54, 1.807) is 13.0 Å². The maximum atomic E-state index is 13.5. The maximum Gasteiger partial charge on any atom is 0.511 e. The van der Waals surface area contributed by atoms with Crippen LogP contribution in [0.5, 0.6) is 5.75 Å². The summed E-state index contributed by atoms with van der Waals surface area (Å²) < 4.78 is 59.8. The van der Waals surface area contributed by atoms with Crippen molar-refractivity contribution in [2.45, 2.75) is 38.7 Å². The first-order chi connectivity index (χ1) is 14.9. The predicted molar refractivity (Wildman–Crippen MR) is 103 cm³/mol. The van der Waals surface area contributed by atoms with Crippen molar-refractivity contribution in [3.8, 4) is 5.75 Å². The topological polar surface area (TPSA) is 123 Å². The summed E-state index contributed by atoms with van der Waals surface area (Å²) in [5, 5.41) is 9.03. The van der Waals surface area contributed by atoms with Gasteiger partial charge in [0.1, 0.15) is 11.9 Å². The van der Waals surface area contributed by atoms with Gasteiger partial charge in [-0.05, 0) is 37.6 Å². The van der Waals surface area contributed by atoms with Crippen LogP contribution in [0.15, 0.2) is 22.2 Å².